The number of sulfonamides is 1. The Morgan fingerprint density at radius 2 is 1.73 bits per heavy atom. The molecule has 33 heavy (non-hydrogen) atoms. The van der Waals surface area contributed by atoms with Gasteiger partial charge in [-0.3, -0.25) is 4.79 Å². The topological polar surface area (TPSA) is 60.9 Å². The van der Waals surface area contributed by atoms with Gasteiger partial charge in [0.25, 0.3) is 0 Å². The highest BCUT2D eigenvalue weighted by Crippen LogP contribution is 2.27. The van der Waals surface area contributed by atoms with E-state index in [4.69, 9.17) is 23.2 Å². The van der Waals surface area contributed by atoms with E-state index in [1.165, 1.54) is 10.4 Å². The fourth-order valence-corrected chi connectivity index (χ4v) is 6.38. The van der Waals surface area contributed by atoms with Crippen molar-refractivity contribution in [2.75, 3.05) is 44.2 Å². The van der Waals surface area contributed by atoms with Crippen LogP contribution in [0.5, 0.6) is 0 Å². The Morgan fingerprint density at radius 1 is 1.00 bits per heavy atom. The number of hydrogen-bond donors (Lipinski definition) is 0. The molecular weight excluding hydrogens is 488 g/mol. The van der Waals surface area contributed by atoms with Crippen molar-refractivity contribution in [2.45, 2.75) is 18.6 Å². The summed E-state index contributed by atoms with van der Waals surface area (Å²) in [4.78, 5) is 16.9. The van der Waals surface area contributed by atoms with Gasteiger partial charge in [-0.15, -0.1) is 0 Å². The van der Waals surface area contributed by atoms with Crippen LogP contribution in [0.25, 0.3) is 0 Å². The van der Waals surface area contributed by atoms with Gasteiger partial charge >= 0.3 is 0 Å². The van der Waals surface area contributed by atoms with Crippen molar-refractivity contribution in [1.82, 2.24) is 9.21 Å². The maximum Gasteiger partial charge on any atom is 0.227 e. The SMILES string of the molecule is O=C([C@@H]1CCCN(S(=O)(=O)Cc2ccc(Cl)c(Cl)c2)C1)N1CCN(c2ccccc2F)CC1. The van der Waals surface area contributed by atoms with Crippen molar-refractivity contribution >= 4 is 44.8 Å². The molecule has 0 N–H and O–H groups in total. The number of piperazine rings is 1. The second-order valence-electron chi connectivity index (χ2n) is 8.47. The number of amides is 1. The molecule has 0 radical (unpaired) electrons. The molecule has 2 aliphatic heterocycles. The fraction of sp³-hybridized carbons (Fsp3) is 0.435. The van der Waals surface area contributed by atoms with Gasteiger partial charge in [0.1, 0.15) is 5.82 Å². The number of carbonyl (C=O) groups excluding carboxylic acids is 1. The molecule has 1 atom stereocenters. The molecule has 0 bridgehead atoms. The molecular formula is C23H26Cl2FN3O3S. The van der Waals surface area contributed by atoms with E-state index in [9.17, 15) is 17.6 Å². The van der Waals surface area contributed by atoms with Gasteiger partial charge in [0.15, 0.2) is 0 Å². The normalized spacial score (nSPS) is 20.2. The minimum Gasteiger partial charge on any atom is -0.366 e. The van der Waals surface area contributed by atoms with E-state index in [1.807, 2.05) is 4.90 Å². The summed E-state index contributed by atoms with van der Waals surface area (Å²) in [5, 5.41) is 0.683. The molecule has 0 spiro atoms. The Kier molecular flexibility index (Phi) is 7.48. The standard InChI is InChI=1S/C23H26Cl2FN3O3S/c24-19-8-7-17(14-20(19)25)16-33(31,32)29-9-3-4-18(15-29)23(30)28-12-10-27(11-13-28)22-6-2-1-5-21(22)26/h1-2,5-8,14,18H,3-4,9-13,15-16H2/t18-/m1/s1. The molecule has 0 saturated carbocycles. The molecule has 2 aromatic rings. The number of nitrogens with zero attached hydrogens (tertiary/aromatic N) is 3. The van der Waals surface area contributed by atoms with E-state index in [2.05, 4.69) is 0 Å². The number of rotatable bonds is 5. The predicted molar refractivity (Wildman–Crippen MR) is 129 cm³/mol. The summed E-state index contributed by atoms with van der Waals surface area (Å²) in [5.41, 5.74) is 1.10. The summed E-state index contributed by atoms with van der Waals surface area (Å²) in [7, 11) is -3.60. The molecule has 6 nitrogen and oxygen atoms in total. The van der Waals surface area contributed by atoms with Crippen LogP contribution in [0, 0.1) is 11.7 Å². The van der Waals surface area contributed by atoms with Gasteiger partial charge in [-0.2, -0.15) is 0 Å². The number of piperidine rings is 1. The van der Waals surface area contributed by atoms with Crippen molar-refractivity contribution < 1.29 is 17.6 Å². The van der Waals surface area contributed by atoms with Gasteiger partial charge in [0.2, 0.25) is 15.9 Å². The molecule has 0 aromatic heterocycles. The van der Waals surface area contributed by atoms with E-state index in [0.29, 0.717) is 66.9 Å². The van der Waals surface area contributed by atoms with Crippen LogP contribution in [0.15, 0.2) is 42.5 Å². The first kappa shape index (κ1) is 24.3. The maximum atomic E-state index is 14.1. The minimum absolute atomic E-state index is 0.0300. The summed E-state index contributed by atoms with van der Waals surface area (Å²) in [6, 6.07) is 11.4. The zero-order valence-corrected chi connectivity index (χ0v) is 20.4. The lowest BCUT2D eigenvalue weighted by atomic mass is 9.97. The minimum atomic E-state index is -3.60. The van der Waals surface area contributed by atoms with Gasteiger partial charge in [0, 0.05) is 39.3 Å². The number of carbonyl (C=O) groups is 1. The first-order valence-electron chi connectivity index (χ1n) is 10.9. The molecule has 2 saturated heterocycles. The first-order valence-corrected chi connectivity index (χ1v) is 13.3. The van der Waals surface area contributed by atoms with Crippen molar-refractivity contribution in [1.29, 1.82) is 0 Å². The Hall–Kier alpha value is -1.87. The number of halogens is 3. The molecule has 2 aliphatic rings. The van der Waals surface area contributed by atoms with Crippen molar-refractivity contribution in [3.63, 3.8) is 0 Å². The Balaban J connectivity index is 1.36. The summed E-state index contributed by atoms with van der Waals surface area (Å²) in [5.74, 6) is -0.862. The van der Waals surface area contributed by atoms with E-state index < -0.39 is 10.0 Å². The Morgan fingerprint density at radius 3 is 2.42 bits per heavy atom. The van der Waals surface area contributed by atoms with E-state index in [1.54, 1.807) is 41.3 Å². The Labute approximate surface area is 203 Å². The predicted octanol–water partition coefficient (Wildman–Crippen LogP) is 4.02. The van der Waals surface area contributed by atoms with E-state index >= 15 is 0 Å². The van der Waals surface area contributed by atoms with Gasteiger partial charge in [-0.05, 0) is 42.7 Å². The number of benzene rings is 2. The molecule has 0 aliphatic carbocycles. The monoisotopic (exact) mass is 513 g/mol. The second-order valence-corrected chi connectivity index (χ2v) is 11.2. The second kappa shape index (κ2) is 10.2. The summed E-state index contributed by atoms with van der Waals surface area (Å²) in [6.45, 7) is 2.63. The Bertz CT molecular complexity index is 1120. The number of hydrogen-bond acceptors (Lipinski definition) is 4. The van der Waals surface area contributed by atoms with E-state index in [0.717, 1.165) is 0 Å². The van der Waals surface area contributed by atoms with Crippen molar-refractivity contribution in [3.05, 3.63) is 63.9 Å². The van der Waals surface area contributed by atoms with Crippen LogP contribution in [0.1, 0.15) is 18.4 Å². The third kappa shape index (κ3) is 5.62. The van der Waals surface area contributed by atoms with Gasteiger partial charge in [-0.1, -0.05) is 41.4 Å². The van der Waals surface area contributed by atoms with Crippen LogP contribution in [-0.4, -0.2) is 62.8 Å². The zero-order chi connectivity index (χ0) is 23.6. The highest BCUT2D eigenvalue weighted by molar-refractivity contribution is 7.88. The highest BCUT2D eigenvalue weighted by Gasteiger charge is 2.35. The highest BCUT2D eigenvalue weighted by atomic mass is 35.5. The summed E-state index contributed by atoms with van der Waals surface area (Å²) in [6.07, 6.45) is 1.29. The zero-order valence-electron chi connectivity index (χ0n) is 18.1. The maximum absolute atomic E-state index is 14.1. The molecule has 1 amide bonds. The largest absolute Gasteiger partial charge is 0.366 e. The van der Waals surface area contributed by atoms with Crippen molar-refractivity contribution in [3.8, 4) is 0 Å². The lowest BCUT2D eigenvalue weighted by molar-refractivity contribution is -0.137. The number of para-hydroxylation sites is 1. The summed E-state index contributed by atoms with van der Waals surface area (Å²) >= 11 is 11.9. The molecule has 2 fully saturated rings. The number of anilines is 1. The van der Waals surface area contributed by atoms with Gasteiger partial charge < -0.3 is 9.80 Å². The lowest BCUT2D eigenvalue weighted by Crippen LogP contribution is -2.53. The molecule has 0 unspecified atom stereocenters. The van der Waals surface area contributed by atoms with Gasteiger partial charge in [-0.25, -0.2) is 17.1 Å². The average Bonchev–Trinajstić information content (AvgIpc) is 2.81. The van der Waals surface area contributed by atoms with Crippen LogP contribution < -0.4 is 4.90 Å². The molecule has 4 rings (SSSR count). The first-order chi connectivity index (χ1) is 15.7. The van der Waals surface area contributed by atoms with Crippen LogP contribution in [0.2, 0.25) is 10.0 Å². The fourth-order valence-electron chi connectivity index (χ4n) is 4.46. The quantitative estimate of drug-likeness (QED) is 0.605. The smallest absolute Gasteiger partial charge is 0.227 e. The van der Waals surface area contributed by atoms with Crippen molar-refractivity contribution in [2.24, 2.45) is 5.92 Å². The molecule has 10 heteroatoms. The molecule has 178 valence electrons. The van der Waals surface area contributed by atoms with E-state index in [-0.39, 0.29) is 29.9 Å². The molecule has 2 aromatic carbocycles. The molecule has 2 heterocycles. The van der Waals surface area contributed by atoms with Crippen LogP contribution in [0.4, 0.5) is 10.1 Å². The van der Waals surface area contributed by atoms with Crippen LogP contribution in [0.3, 0.4) is 0 Å². The van der Waals surface area contributed by atoms with Gasteiger partial charge in [0.05, 0.1) is 27.4 Å². The van der Waals surface area contributed by atoms with Crippen LogP contribution in [-0.2, 0) is 20.6 Å². The third-order valence-electron chi connectivity index (χ3n) is 6.24. The van der Waals surface area contributed by atoms with Crippen LogP contribution >= 0.6 is 23.2 Å². The average molecular weight is 514 g/mol. The summed E-state index contributed by atoms with van der Waals surface area (Å²) < 4.78 is 41.5. The third-order valence-corrected chi connectivity index (χ3v) is 8.80. The lowest BCUT2D eigenvalue weighted by Gasteiger charge is -2.39.